The van der Waals surface area contributed by atoms with E-state index in [0.29, 0.717) is 25.4 Å². The number of carbonyl (C=O) groups is 2. The Bertz CT molecular complexity index is 1230. The van der Waals surface area contributed by atoms with Crippen LogP contribution in [0.3, 0.4) is 0 Å². The maximum Gasteiger partial charge on any atom is 0.228 e. The first-order chi connectivity index (χ1) is 17.0. The number of para-hydroxylation sites is 1. The number of aryl methyl sites for hydroxylation is 1. The predicted molar refractivity (Wildman–Crippen MR) is 135 cm³/mol. The summed E-state index contributed by atoms with van der Waals surface area (Å²) >= 11 is 0. The van der Waals surface area contributed by atoms with Crippen molar-refractivity contribution < 1.29 is 14.3 Å². The van der Waals surface area contributed by atoms with Gasteiger partial charge in [-0.05, 0) is 38.1 Å². The summed E-state index contributed by atoms with van der Waals surface area (Å²) in [4.78, 5) is 31.9. The molecule has 0 bridgehead atoms. The normalized spacial score (nSPS) is 18.3. The molecule has 2 saturated heterocycles. The van der Waals surface area contributed by atoms with Gasteiger partial charge in [0.2, 0.25) is 11.8 Å². The average Bonchev–Trinajstić information content (AvgIpc) is 3.43. The van der Waals surface area contributed by atoms with E-state index in [9.17, 15) is 9.59 Å². The van der Waals surface area contributed by atoms with Crippen molar-refractivity contribution >= 4 is 23.2 Å². The van der Waals surface area contributed by atoms with E-state index in [1.54, 1.807) is 12.0 Å². The summed E-state index contributed by atoms with van der Waals surface area (Å²) in [6, 6.07) is 17.6. The summed E-state index contributed by atoms with van der Waals surface area (Å²) < 4.78 is 7.27. The maximum absolute atomic E-state index is 13.3. The fraction of sp³-hybridized carbons (Fsp3) is 0.370. The lowest BCUT2D eigenvalue weighted by molar-refractivity contribution is -0.136. The maximum atomic E-state index is 13.3. The van der Waals surface area contributed by atoms with Gasteiger partial charge in [0.1, 0.15) is 5.75 Å². The van der Waals surface area contributed by atoms with Gasteiger partial charge in [-0.2, -0.15) is 5.10 Å². The number of amides is 2. The third kappa shape index (κ3) is 4.36. The molecule has 1 unspecified atom stereocenters. The highest BCUT2D eigenvalue weighted by Gasteiger charge is 2.38. The molecule has 2 aliphatic heterocycles. The summed E-state index contributed by atoms with van der Waals surface area (Å²) in [5.74, 6) is 0.429. The number of rotatable bonds is 5. The number of ether oxygens (including phenoxy) is 1. The smallest absolute Gasteiger partial charge is 0.228 e. The number of hydrogen-bond acceptors (Lipinski definition) is 5. The van der Waals surface area contributed by atoms with Gasteiger partial charge >= 0.3 is 0 Å². The van der Waals surface area contributed by atoms with Crippen molar-refractivity contribution in [1.82, 2.24) is 14.7 Å². The highest BCUT2D eigenvalue weighted by Crippen LogP contribution is 2.31. The number of benzene rings is 2. The Morgan fingerprint density at radius 1 is 0.971 bits per heavy atom. The number of nitrogens with zero attached hydrogens (tertiary/aromatic N) is 5. The summed E-state index contributed by atoms with van der Waals surface area (Å²) in [5.41, 5.74) is 5.04. The molecular formula is C27H31N5O3. The van der Waals surface area contributed by atoms with Crippen LogP contribution in [-0.2, 0) is 9.59 Å². The zero-order valence-corrected chi connectivity index (χ0v) is 20.5. The Balaban J connectivity index is 1.24. The minimum Gasteiger partial charge on any atom is -0.497 e. The van der Waals surface area contributed by atoms with Crippen molar-refractivity contribution in [3.05, 3.63) is 66.0 Å². The summed E-state index contributed by atoms with van der Waals surface area (Å²) in [7, 11) is 1.60. The molecular weight excluding hydrogens is 442 g/mol. The number of carbonyl (C=O) groups excluding carboxylic acids is 2. The van der Waals surface area contributed by atoms with Crippen LogP contribution in [0.25, 0.3) is 5.69 Å². The highest BCUT2D eigenvalue weighted by atomic mass is 16.5. The Hall–Kier alpha value is -3.81. The van der Waals surface area contributed by atoms with Gasteiger partial charge in [0.05, 0.1) is 35.8 Å². The van der Waals surface area contributed by atoms with Crippen LogP contribution < -0.4 is 14.5 Å². The molecule has 0 aliphatic carbocycles. The molecule has 8 nitrogen and oxygen atoms in total. The topological polar surface area (TPSA) is 70.9 Å². The van der Waals surface area contributed by atoms with Crippen LogP contribution >= 0.6 is 0 Å². The zero-order chi connectivity index (χ0) is 24.5. The van der Waals surface area contributed by atoms with Crippen molar-refractivity contribution in [3.8, 4) is 11.4 Å². The van der Waals surface area contributed by atoms with E-state index in [1.165, 1.54) is 0 Å². The van der Waals surface area contributed by atoms with E-state index in [0.717, 1.165) is 41.5 Å². The molecule has 2 aliphatic rings. The number of aromatic nitrogens is 2. The highest BCUT2D eigenvalue weighted by molar-refractivity contribution is 6.00. The lowest BCUT2D eigenvalue weighted by Crippen LogP contribution is -2.51. The third-order valence-electron chi connectivity index (χ3n) is 7.00. The molecule has 2 amide bonds. The second kappa shape index (κ2) is 9.44. The molecule has 1 aromatic heterocycles. The molecule has 35 heavy (non-hydrogen) atoms. The number of hydrogen-bond donors (Lipinski definition) is 0. The van der Waals surface area contributed by atoms with E-state index in [2.05, 4.69) is 24.0 Å². The Morgan fingerprint density at radius 3 is 2.40 bits per heavy atom. The molecule has 8 heteroatoms. The molecule has 2 fully saturated rings. The van der Waals surface area contributed by atoms with Crippen LogP contribution in [-0.4, -0.2) is 66.3 Å². The van der Waals surface area contributed by atoms with E-state index < -0.39 is 0 Å². The monoisotopic (exact) mass is 473 g/mol. The number of piperazine rings is 1. The molecule has 0 N–H and O–H groups in total. The van der Waals surface area contributed by atoms with Gasteiger partial charge in [0.15, 0.2) is 0 Å². The molecule has 3 aromatic rings. The van der Waals surface area contributed by atoms with Crippen LogP contribution in [0, 0.1) is 19.8 Å². The van der Waals surface area contributed by atoms with Gasteiger partial charge in [0, 0.05) is 50.9 Å². The fourth-order valence-electron chi connectivity index (χ4n) is 5.22. The van der Waals surface area contributed by atoms with E-state index in [1.807, 2.05) is 59.0 Å². The first-order valence-electron chi connectivity index (χ1n) is 12.1. The zero-order valence-electron chi connectivity index (χ0n) is 20.5. The number of methoxy groups -OCH3 is 1. The van der Waals surface area contributed by atoms with E-state index in [4.69, 9.17) is 9.84 Å². The van der Waals surface area contributed by atoms with Gasteiger partial charge in [-0.3, -0.25) is 9.59 Å². The lowest BCUT2D eigenvalue weighted by atomic mass is 10.1. The molecule has 2 aromatic carbocycles. The molecule has 182 valence electrons. The standard InChI is InChI=1S/C27H31N5O3/c1-19-26(20(2)32(28-19)22-8-5-4-6-9-22)29-12-14-30(15-13-29)27(34)21-16-25(33)31(18-21)23-10-7-11-24(17-23)35-3/h4-11,17,21H,12-16,18H2,1-3H3. The van der Waals surface area contributed by atoms with E-state index in [-0.39, 0.29) is 24.2 Å². The van der Waals surface area contributed by atoms with Gasteiger partial charge in [-0.1, -0.05) is 24.3 Å². The lowest BCUT2D eigenvalue weighted by Gasteiger charge is -2.37. The minimum absolute atomic E-state index is 0.0187. The third-order valence-corrected chi connectivity index (χ3v) is 7.00. The van der Waals surface area contributed by atoms with Gasteiger partial charge in [0.25, 0.3) is 0 Å². The van der Waals surface area contributed by atoms with E-state index >= 15 is 0 Å². The SMILES string of the molecule is COc1cccc(N2CC(C(=O)N3CCN(c4c(C)nn(-c5ccccc5)c4C)CC3)CC2=O)c1. The molecule has 0 saturated carbocycles. The Kier molecular flexibility index (Phi) is 6.19. The van der Waals surface area contributed by atoms with Crippen LogP contribution in [0.4, 0.5) is 11.4 Å². The second-order valence-corrected chi connectivity index (χ2v) is 9.19. The average molecular weight is 474 g/mol. The molecule has 5 rings (SSSR count). The van der Waals surface area contributed by atoms with Crippen molar-refractivity contribution in [2.75, 3.05) is 49.6 Å². The Labute approximate surface area is 205 Å². The summed E-state index contributed by atoms with van der Waals surface area (Å²) in [5, 5.41) is 4.77. The van der Waals surface area contributed by atoms with Crippen molar-refractivity contribution in [2.24, 2.45) is 5.92 Å². The van der Waals surface area contributed by atoms with Gasteiger partial charge in [-0.25, -0.2) is 4.68 Å². The molecule has 0 spiro atoms. The van der Waals surface area contributed by atoms with Crippen LogP contribution in [0.1, 0.15) is 17.8 Å². The quantitative estimate of drug-likeness (QED) is 0.569. The van der Waals surface area contributed by atoms with Crippen molar-refractivity contribution in [2.45, 2.75) is 20.3 Å². The molecule has 0 radical (unpaired) electrons. The molecule has 1 atom stereocenters. The van der Waals surface area contributed by atoms with Crippen molar-refractivity contribution in [3.63, 3.8) is 0 Å². The van der Waals surface area contributed by atoms with Crippen LogP contribution in [0.5, 0.6) is 5.75 Å². The predicted octanol–water partition coefficient (Wildman–Crippen LogP) is 3.20. The first-order valence-corrected chi connectivity index (χ1v) is 12.1. The summed E-state index contributed by atoms with van der Waals surface area (Å²) in [6.45, 7) is 7.30. The minimum atomic E-state index is -0.315. The first kappa shape index (κ1) is 23.0. The summed E-state index contributed by atoms with van der Waals surface area (Å²) in [6.07, 6.45) is 0.248. The second-order valence-electron chi connectivity index (χ2n) is 9.19. The Morgan fingerprint density at radius 2 is 1.69 bits per heavy atom. The molecule has 3 heterocycles. The van der Waals surface area contributed by atoms with Crippen LogP contribution in [0.2, 0.25) is 0 Å². The van der Waals surface area contributed by atoms with Crippen molar-refractivity contribution in [1.29, 1.82) is 0 Å². The largest absolute Gasteiger partial charge is 0.497 e. The van der Waals surface area contributed by atoms with Gasteiger partial charge < -0.3 is 19.4 Å². The van der Waals surface area contributed by atoms with Crippen LogP contribution in [0.15, 0.2) is 54.6 Å². The number of anilines is 2. The van der Waals surface area contributed by atoms with Gasteiger partial charge in [-0.15, -0.1) is 0 Å². The fourth-order valence-corrected chi connectivity index (χ4v) is 5.22.